The molecular formula is C17H22N2O5. The number of primary amides is 1. The number of hydrogen-bond donors (Lipinski definition) is 2. The van der Waals surface area contributed by atoms with Crippen LogP contribution in [0, 0.1) is 0 Å². The van der Waals surface area contributed by atoms with Crippen LogP contribution in [-0.2, 0) is 14.2 Å². The van der Waals surface area contributed by atoms with Gasteiger partial charge in [-0.2, -0.15) is 0 Å². The Morgan fingerprint density at radius 2 is 1.88 bits per heavy atom. The molecule has 3 unspecified atom stereocenters. The zero-order valence-corrected chi connectivity index (χ0v) is 13.8. The first-order valence-corrected chi connectivity index (χ1v) is 8.01. The first kappa shape index (κ1) is 16.9. The average Bonchev–Trinajstić information content (AvgIpc) is 2.87. The summed E-state index contributed by atoms with van der Waals surface area (Å²) in [6.07, 6.45) is 0.337. The third kappa shape index (κ3) is 3.58. The van der Waals surface area contributed by atoms with E-state index in [0.29, 0.717) is 24.3 Å². The smallest absolute Gasteiger partial charge is 0.251 e. The van der Waals surface area contributed by atoms with Crippen molar-refractivity contribution in [2.24, 2.45) is 5.73 Å². The van der Waals surface area contributed by atoms with E-state index in [2.05, 4.69) is 5.32 Å². The number of nitrogens with two attached hydrogens (primary N) is 1. The lowest BCUT2D eigenvalue weighted by Crippen LogP contribution is -2.48. The summed E-state index contributed by atoms with van der Waals surface area (Å²) in [6, 6.07) is 6.19. The van der Waals surface area contributed by atoms with Crippen molar-refractivity contribution in [2.45, 2.75) is 44.4 Å². The van der Waals surface area contributed by atoms with E-state index in [1.54, 1.807) is 12.1 Å². The predicted octanol–water partition coefficient (Wildman–Crippen LogP) is 0.824. The van der Waals surface area contributed by atoms with Gasteiger partial charge in [0.1, 0.15) is 12.2 Å². The van der Waals surface area contributed by atoms with Crippen molar-refractivity contribution in [1.82, 2.24) is 5.32 Å². The highest BCUT2D eigenvalue weighted by Gasteiger charge is 2.47. The fourth-order valence-electron chi connectivity index (χ4n) is 3.09. The quantitative estimate of drug-likeness (QED) is 0.849. The first-order valence-electron chi connectivity index (χ1n) is 8.01. The Kier molecular flexibility index (Phi) is 4.58. The zero-order valence-electron chi connectivity index (χ0n) is 13.8. The summed E-state index contributed by atoms with van der Waals surface area (Å²) in [6.45, 7) is 4.66. The Bertz CT molecular complexity index is 628. The molecular weight excluding hydrogens is 312 g/mol. The van der Waals surface area contributed by atoms with Crippen LogP contribution < -0.4 is 11.1 Å². The van der Waals surface area contributed by atoms with Gasteiger partial charge >= 0.3 is 0 Å². The van der Waals surface area contributed by atoms with Gasteiger partial charge in [-0.25, -0.2) is 0 Å². The van der Waals surface area contributed by atoms with Crippen LogP contribution >= 0.6 is 0 Å². The van der Waals surface area contributed by atoms with Crippen molar-refractivity contribution in [3.8, 4) is 0 Å². The number of rotatable bonds is 4. The number of nitrogens with one attached hydrogen (secondary N) is 1. The van der Waals surface area contributed by atoms with Crippen LogP contribution in [0.15, 0.2) is 24.3 Å². The number of hydrogen-bond acceptors (Lipinski definition) is 5. The zero-order chi connectivity index (χ0) is 17.3. The van der Waals surface area contributed by atoms with Crippen LogP contribution in [0.4, 0.5) is 0 Å². The molecule has 2 saturated heterocycles. The summed E-state index contributed by atoms with van der Waals surface area (Å²) in [5.41, 5.74) is 6.01. The molecule has 7 heteroatoms. The Labute approximate surface area is 140 Å². The molecule has 3 rings (SSSR count). The summed E-state index contributed by atoms with van der Waals surface area (Å²) in [5, 5.41) is 2.84. The summed E-state index contributed by atoms with van der Waals surface area (Å²) in [4.78, 5) is 23.3. The van der Waals surface area contributed by atoms with Crippen LogP contribution in [0.3, 0.4) is 0 Å². The molecule has 2 amide bonds. The van der Waals surface area contributed by atoms with Gasteiger partial charge < -0.3 is 25.3 Å². The predicted molar refractivity (Wildman–Crippen MR) is 85.5 cm³/mol. The van der Waals surface area contributed by atoms with Gasteiger partial charge in [-0.1, -0.05) is 0 Å². The third-order valence-electron chi connectivity index (χ3n) is 4.22. The summed E-state index contributed by atoms with van der Waals surface area (Å²) in [5.74, 6) is -1.39. The van der Waals surface area contributed by atoms with Gasteiger partial charge in [-0.15, -0.1) is 0 Å². The molecule has 1 aromatic carbocycles. The Morgan fingerprint density at radius 3 is 2.54 bits per heavy atom. The van der Waals surface area contributed by atoms with Gasteiger partial charge in [0.25, 0.3) is 5.91 Å². The maximum absolute atomic E-state index is 12.2. The minimum absolute atomic E-state index is 0.00879. The molecule has 24 heavy (non-hydrogen) atoms. The number of fused-ring (bicyclic) bond motifs is 1. The minimum atomic E-state index is -0.629. The monoisotopic (exact) mass is 334 g/mol. The van der Waals surface area contributed by atoms with E-state index in [-0.39, 0.29) is 24.2 Å². The normalized spacial score (nSPS) is 28.2. The molecule has 1 aromatic rings. The van der Waals surface area contributed by atoms with Crippen LogP contribution in [0.1, 0.15) is 41.0 Å². The second-order valence-corrected chi connectivity index (χ2v) is 6.49. The number of ether oxygens (including phenoxy) is 3. The summed E-state index contributed by atoms with van der Waals surface area (Å²) >= 11 is 0. The van der Waals surface area contributed by atoms with Gasteiger partial charge in [0, 0.05) is 24.3 Å². The molecule has 130 valence electrons. The molecule has 2 aliphatic rings. The van der Waals surface area contributed by atoms with Crippen molar-refractivity contribution < 1.29 is 23.8 Å². The molecule has 2 aliphatic heterocycles. The second kappa shape index (κ2) is 6.51. The number of carbonyl (C=O) groups excluding carboxylic acids is 2. The van der Waals surface area contributed by atoms with Crippen LogP contribution in [0.2, 0.25) is 0 Å². The molecule has 3 atom stereocenters. The van der Waals surface area contributed by atoms with Gasteiger partial charge in [-0.05, 0) is 44.5 Å². The molecule has 0 aliphatic carbocycles. The van der Waals surface area contributed by atoms with Crippen LogP contribution in [0.5, 0.6) is 0 Å². The van der Waals surface area contributed by atoms with Crippen molar-refractivity contribution in [1.29, 1.82) is 0 Å². The topological polar surface area (TPSA) is 99.9 Å². The Hall–Kier alpha value is -1.96. The van der Waals surface area contributed by atoms with Crippen molar-refractivity contribution in [2.75, 3.05) is 13.2 Å². The highest BCUT2D eigenvalue weighted by atomic mass is 16.8. The van der Waals surface area contributed by atoms with Crippen molar-refractivity contribution in [3.63, 3.8) is 0 Å². The molecule has 2 heterocycles. The van der Waals surface area contributed by atoms with E-state index < -0.39 is 11.7 Å². The van der Waals surface area contributed by atoms with Gasteiger partial charge in [-0.3, -0.25) is 9.59 Å². The molecule has 0 spiro atoms. The van der Waals surface area contributed by atoms with Gasteiger partial charge in [0.05, 0.1) is 6.10 Å². The molecule has 3 N–H and O–H groups in total. The largest absolute Gasteiger partial charge is 0.373 e. The maximum Gasteiger partial charge on any atom is 0.251 e. The fourth-order valence-corrected chi connectivity index (χ4v) is 3.09. The van der Waals surface area contributed by atoms with Crippen LogP contribution in [-0.4, -0.2) is 49.1 Å². The lowest BCUT2D eigenvalue weighted by atomic mass is 10.0. The lowest BCUT2D eigenvalue weighted by molar-refractivity contribution is -0.153. The highest BCUT2D eigenvalue weighted by Crippen LogP contribution is 2.34. The maximum atomic E-state index is 12.2. The lowest BCUT2D eigenvalue weighted by Gasteiger charge is -2.31. The number of benzene rings is 1. The molecule has 0 aromatic heterocycles. The second-order valence-electron chi connectivity index (χ2n) is 6.49. The molecule has 0 bridgehead atoms. The van der Waals surface area contributed by atoms with Gasteiger partial charge in [0.2, 0.25) is 5.91 Å². The number of carbonyl (C=O) groups is 2. The SMILES string of the molecule is CC1(C)OC2CCOC(CNC(=O)c3ccc(C(N)=O)cc3)C2O1. The minimum Gasteiger partial charge on any atom is -0.373 e. The molecule has 0 radical (unpaired) electrons. The molecule has 2 fully saturated rings. The standard InChI is InChI=1S/C17H22N2O5/c1-17(2)23-12-7-8-22-13(14(12)24-17)9-19-16(21)11-5-3-10(4-6-11)15(18)20/h3-6,12-14H,7-9H2,1-2H3,(H2,18,20)(H,19,21). The van der Waals surface area contributed by atoms with E-state index in [0.717, 1.165) is 6.42 Å². The molecule has 0 saturated carbocycles. The Morgan fingerprint density at radius 1 is 1.21 bits per heavy atom. The Balaban J connectivity index is 1.58. The van der Waals surface area contributed by atoms with E-state index in [4.69, 9.17) is 19.9 Å². The van der Waals surface area contributed by atoms with Gasteiger partial charge in [0.15, 0.2) is 5.79 Å². The van der Waals surface area contributed by atoms with E-state index in [1.165, 1.54) is 12.1 Å². The van der Waals surface area contributed by atoms with E-state index in [1.807, 2.05) is 13.8 Å². The van der Waals surface area contributed by atoms with Crippen LogP contribution in [0.25, 0.3) is 0 Å². The fraction of sp³-hybridized carbons (Fsp3) is 0.529. The highest BCUT2D eigenvalue weighted by molar-refractivity contribution is 5.97. The summed E-state index contributed by atoms with van der Waals surface area (Å²) < 4.78 is 17.5. The van der Waals surface area contributed by atoms with Crippen molar-refractivity contribution in [3.05, 3.63) is 35.4 Å². The first-order chi connectivity index (χ1) is 11.4. The van der Waals surface area contributed by atoms with E-state index in [9.17, 15) is 9.59 Å². The molecule has 7 nitrogen and oxygen atoms in total. The summed E-state index contributed by atoms with van der Waals surface area (Å²) in [7, 11) is 0. The van der Waals surface area contributed by atoms with Crippen molar-refractivity contribution >= 4 is 11.8 Å². The average molecular weight is 334 g/mol. The number of amides is 2. The third-order valence-corrected chi connectivity index (χ3v) is 4.22. The van der Waals surface area contributed by atoms with E-state index >= 15 is 0 Å².